The zero-order valence-corrected chi connectivity index (χ0v) is 30.6. The summed E-state index contributed by atoms with van der Waals surface area (Å²) in [5, 5.41) is 53.5. The van der Waals surface area contributed by atoms with Gasteiger partial charge in [-0.25, -0.2) is 9.59 Å². The zero-order chi connectivity index (χ0) is 37.5. The maximum atomic E-state index is 13.6. The van der Waals surface area contributed by atoms with E-state index in [4.69, 9.17) is 33.2 Å². The van der Waals surface area contributed by atoms with Gasteiger partial charge in [-0.1, -0.05) is 64.2 Å². The first-order valence-electron chi connectivity index (χ1n) is 18.9. The molecule has 1 aromatic rings. The first-order valence-corrected chi connectivity index (χ1v) is 18.9. The van der Waals surface area contributed by atoms with E-state index >= 15 is 0 Å². The van der Waals surface area contributed by atoms with Crippen molar-refractivity contribution in [3.8, 4) is 0 Å². The number of esters is 2. The van der Waals surface area contributed by atoms with Crippen molar-refractivity contribution in [1.29, 1.82) is 0 Å². The van der Waals surface area contributed by atoms with Crippen LogP contribution in [0.1, 0.15) is 89.4 Å². The number of carbonyl (C=O) groups excluding carboxylic acids is 2. The van der Waals surface area contributed by atoms with Gasteiger partial charge in [0.2, 0.25) is 0 Å². The van der Waals surface area contributed by atoms with Crippen LogP contribution in [0, 0.1) is 17.8 Å². The van der Waals surface area contributed by atoms with Gasteiger partial charge in [0.25, 0.3) is 0 Å². The molecule has 0 bridgehead atoms. The van der Waals surface area contributed by atoms with Crippen LogP contribution in [-0.2, 0) is 38.0 Å². The van der Waals surface area contributed by atoms with Gasteiger partial charge in [0, 0.05) is 0 Å². The van der Waals surface area contributed by atoms with Crippen molar-refractivity contribution in [1.82, 2.24) is 0 Å². The van der Waals surface area contributed by atoms with E-state index in [2.05, 4.69) is 0 Å². The normalized spacial score (nSPS) is 39.4. The predicted molar refractivity (Wildman–Crippen MR) is 184 cm³/mol. The Bertz CT molecular complexity index is 1260. The van der Waals surface area contributed by atoms with Crippen LogP contribution in [0.25, 0.3) is 0 Å². The Balaban J connectivity index is 1.46. The fourth-order valence-corrected chi connectivity index (χ4v) is 8.13. The minimum absolute atomic E-state index is 0.116. The highest BCUT2D eigenvalue weighted by Crippen LogP contribution is 2.39. The van der Waals surface area contributed by atoms with Crippen molar-refractivity contribution >= 4 is 11.9 Å². The summed E-state index contributed by atoms with van der Waals surface area (Å²) in [5.74, 6) is -1.16. The Labute approximate surface area is 305 Å². The first kappa shape index (κ1) is 40.9. The number of hydrogen-bond donors (Lipinski definition) is 5. The summed E-state index contributed by atoms with van der Waals surface area (Å²) >= 11 is 0. The minimum atomic E-state index is -1.54. The average Bonchev–Trinajstić information content (AvgIpc) is 3.13. The third-order valence-electron chi connectivity index (χ3n) is 10.9. The van der Waals surface area contributed by atoms with Gasteiger partial charge >= 0.3 is 11.9 Å². The molecule has 294 valence electrons. The van der Waals surface area contributed by atoms with E-state index in [1.807, 2.05) is 13.8 Å². The molecule has 0 spiro atoms. The molecule has 5 rings (SSSR count). The van der Waals surface area contributed by atoms with E-state index in [1.165, 1.54) is 0 Å². The van der Waals surface area contributed by atoms with Crippen molar-refractivity contribution < 1.29 is 68.3 Å². The summed E-state index contributed by atoms with van der Waals surface area (Å²) in [6.07, 6.45) is -9.48. The molecule has 4 fully saturated rings. The smallest absolute Gasteiger partial charge is 0.338 e. The number of ether oxygens (including phenoxy) is 7. The van der Waals surface area contributed by atoms with Gasteiger partial charge in [-0.05, 0) is 63.0 Å². The van der Waals surface area contributed by atoms with Gasteiger partial charge in [0.05, 0.1) is 37.1 Å². The zero-order valence-electron chi connectivity index (χ0n) is 30.6. The fourth-order valence-electron chi connectivity index (χ4n) is 8.13. The molecular formula is C38H58O14. The number of aliphatic hydroxyl groups is 5. The van der Waals surface area contributed by atoms with E-state index in [1.54, 1.807) is 44.2 Å². The van der Waals surface area contributed by atoms with Gasteiger partial charge in [0.1, 0.15) is 36.6 Å². The SMILES string of the molecule is CCOC(=O)[C@H](CC1CCCCC1)O[C@H]1[C@@H](O)[C@@H](CO)O[C@@H](O[C@@H]2C[C@H](C)C[C@H](C)[C@H]2OC2O[C@@H](C)[C@@H](O)[C@@H](O)[C@@H]2O)[C@@H]1OC(=O)c1ccccc1. The Morgan fingerprint density at radius 2 is 1.54 bits per heavy atom. The molecule has 5 N–H and O–H groups in total. The number of hydrogen-bond acceptors (Lipinski definition) is 14. The number of benzene rings is 1. The third kappa shape index (κ3) is 9.89. The maximum Gasteiger partial charge on any atom is 0.338 e. The summed E-state index contributed by atoms with van der Waals surface area (Å²) < 4.78 is 42.8. The van der Waals surface area contributed by atoms with Gasteiger partial charge < -0.3 is 58.7 Å². The number of rotatable bonds is 13. The van der Waals surface area contributed by atoms with Gasteiger partial charge in [-0.3, -0.25) is 0 Å². The van der Waals surface area contributed by atoms with E-state index < -0.39 is 98.3 Å². The summed E-state index contributed by atoms with van der Waals surface area (Å²) in [5.41, 5.74) is 0.224. The van der Waals surface area contributed by atoms with Crippen LogP contribution >= 0.6 is 0 Å². The molecule has 2 heterocycles. The van der Waals surface area contributed by atoms with Crippen molar-refractivity contribution in [2.45, 2.75) is 159 Å². The molecule has 14 heteroatoms. The highest BCUT2D eigenvalue weighted by atomic mass is 16.7. The van der Waals surface area contributed by atoms with Gasteiger partial charge in [-0.2, -0.15) is 0 Å². The molecule has 4 aliphatic rings. The molecule has 0 aromatic heterocycles. The largest absolute Gasteiger partial charge is 0.464 e. The van der Waals surface area contributed by atoms with Crippen LogP contribution in [0.15, 0.2) is 30.3 Å². The second-order valence-corrected chi connectivity index (χ2v) is 15.0. The highest BCUT2D eigenvalue weighted by molar-refractivity contribution is 5.89. The second kappa shape index (κ2) is 18.9. The topological polar surface area (TPSA) is 200 Å². The van der Waals surface area contributed by atoms with Crippen molar-refractivity contribution in [2.24, 2.45) is 17.8 Å². The van der Waals surface area contributed by atoms with E-state index in [-0.39, 0.29) is 29.9 Å². The lowest BCUT2D eigenvalue weighted by Crippen LogP contribution is -2.64. The molecule has 2 aliphatic heterocycles. The van der Waals surface area contributed by atoms with Crippen LogP contribution < -0.4 is 0 Å². The molecule has 0 radical (unpaired) electrons. The fraction of sp³-hybridized carbons (Fsp3) is 0.789. The molecule has 0 amide bonds. The van der Waals surface area contributed by atoms with Crippen LogP contribution in [-0.4, -0.2) is 130 Å². The molecular weight excluding hydrogens is 680 g/mol. The van der Waals surface area contributed by atoms with E-state index in [9.17, 15) is 35.1 Å². The van der Waals surface area contributed by atoms with Gasteiger partial charge in [0.15, 0.2) is 24.8 Å². The van der Waals surface area contributed by atoms with Crippen LogP contribution in [0.2, 0.25) is 0 Å². The summed E-state index contributed by atoms with van der Waals surface area (Å²) in [4.78, 5) is 27.0. The first-order chi connectivity index (χ1) is 24.9. The molecule has 2 saturated carbocycles. The molecule has 1 aromatic carbocycles. The third-order valence-corrected chi connectivity index (χ3v) is 10.9. The summed E-state index contributed by atoms with van der Waals surface area (Å²) in [6.45, 7) is 6.75. The van der Waals surface area contributed by atoms with Crippen molar-refractivity contribution in [3.63, 3.8) is 0 Å². The second-order valence-electron chi connectivity index (χ2n) is 15.0. The molecule has 1 unspecified atom stereocenters. The number of aliphatic hydroxyl groups excluding tert-OH is 5. The lowest BCUT2D eigenvalue weighted by Gasteiger charge is -2.48. The van der Waals surface area contributed by atoms with E-state index in [0.29, 0.717) is 12.8 Å². The highest BCUT2D eigenvalue weighted by Gasteiger charge is 2.53. The summed E-state index contributed by atoms with van der Waals surface area (Å²) in [6, 6.07) is 8.26. The number of carbonyl (C=O) groups is 2. The quantitative estimate of drug-likeness (QED) is 0.185. The Morgan fingerprint density at radius 1 is 0.827 bits per heavy atom. The minimum Gasteiger partial charge on any atom is -0.464 e. The van der Waals surface area contributed by atoms with Crippen LogP contribution in [0.4, 0.5) is 0 Å². The van der Waals surface area contributed by atoms with Crippen LogP contribution in [0.3, 0.4) is 0 Å². The molecule has 15 atom stereocenters. The van der Waals surface area contributed by atoms with Gasteiger partial charge in [-0.15, -0.1) is 0 Å². The standard InChI is InChI=1S/C38H58O14/c1-5-46-36(45)26(18-23-12-8-6-9-13-23)48-33-29(41)27(19-39)50-38(34(33)51-35(44)24-14-10-7-11-15-24)49-25-17-20(2)16-21(3)32(25)52-37-31(43)30(42)28(40)22(4)47-37/h7,10-11,14-15,20-23,25-34,37-43H,5-6,8-9,12-13,16-19H2,1-4H3/t20-,21+,22+,25-,26+,27-,28-,29+,30-,31+,32-,33+,34-,37?,38-/m1/s1. The monoisotopic (exact) mass is 738 g/mol. The Kier molecular flexibility index (Phi) is 14.9. The predicted octanol–water partition coefficient (Wildman–Crippen LogP) is 2.24. The molecule has 2 saturated heterocycles. The lowest BCUT2D eigenvalue weighted by molar-refractivity contribution is -0.349. The van der Waals surface area contributed by atoms with E-state index in [0.717, 1.165) is 38.5 Å². The maximum absolute atomic E-state index is 13.6. The molecule has 52 heavy (non-hydrogen) atoms. The molecule has 14 nitrogen and oxygen atoms in total. The summed E-state index contributed by atoms with van der Waals surface area (Å²) in [7, 11) is 0. The molecule has 2 aliphatic carbocycles. The Morgan fingerprint density at radius 3 is 2.21 bits per heavy atom. The Hall–Kier alpha value is -2.24. The average molecular weight is 739 g/mol. The van der Waals surface area contributed by atoms with Crippen LogP contribution in [0.5, 0.6) is 0 Å². The lowest BCUT2D eigenvalue weighted by atomic mass is 9.79. The van der Waals surface area contributed by atoms with Crippen molar-refractivity contribution in [2.75, 3.05) is 13.2 Å². The van der Waals surface area contributed by atoms with Crippen molar-refractivity contribution in [3.05, 3.63) is 35.9 Å².